The molecule has 0 aromatic heterocycles. The molecule has 0 saturated carbocycles. The van der Waals surface area contributed by atoms with Gasteiger partial charge in [0.05, 0.1) is 4.91 Å². The number of carbonyl (C=O) groups is 2. The molecule has 1 saturated heterocycles. The standard InChI is InChI=1S/C19H16N2O3S2/c1-2-12-6-8-13(9-7-12)10-16-18(24)21(19(25)26-16)20-17(23)14-4-3-5-15(22)11-14/h3-11,22H,2H2,1H3,(H,20,23)/b16-10-. The Labute approximate surface area is 160 Å². The lowest BCUT2D eigenvalue weighted by Gasteiger charge is -2.15. The minimum atomic E-state index is -0.522. The van der Waals surface area contributed by atoms with E-state index in [0.29, 0.717) is 4.91 Å². The number of phenols is 1. The highest BCUT2D eigenvalue weighted by Gasteiger charge is 2.33. The normalized spacial score (nSPS) is 15.6. The summed E-state index contributed by atoms with van der Waals surface area (Å²) in [4.78, 5) is 25.3. The van der Waals surface area contributed by atoms with Gasteiger partial charge < -0.3 is 5.11 Å². The van der Waals surface area contributed by atoms with Crippen molar-refractivity contribution in [2.75, 3.05) is 0 Å². The van der Waals surface area contributed by atoms with Crippen molar-refractivity contribution >= 4 is 46.2 Å². The molecule has 2 aromatic rings. The number of amides is 2. The van der Waals surface area contributed by atoms with E-state index < -0.39 is 5.91 Å². The van der Waals surface area contributed by atoms with Crippen LogP contribution in [0.5, 0.6) is 5.75 Å². The number of hydrogen-bond acceptors (Lipinski definition) is 5. The summed E-state index contributed by atoms with van der Waals surface area (Å²) in [5.74, 6) is -0.933. The predicted octanol–water partition coefficient (Wildman–Crippen LogP) is 3.50. The molecule has 26 heavy (non-hydrogen) atoms. The quantitative estimate of drug-likeness (QED) is 0.624. The second-order valence-electron chi connectivity index (χ2n) is 5.60. The number of thioether (sulfide) groups is 1. The van der Waals surface area contributed by atoms with Gasteiger partial charge in [-0.05, 0) is 54.0 Å². The van der Waals surface area contributed by atoms with Gasteiger partial charge in [0, 0.05) is 5.56 Å². The van der Waals surface area contributed by atoms with E-state index >= 15 is 0 Å². The van der Waals surface area contributed by atoms with Crippen molar-refractivity contribution in [3.63, 3.8) is 0 Å². The SMILES string of the molecule is CCc1ccc(/C=C2\SC(=S)N(NC(=O)c3cccc(O)c3)C2=O)cc1. The fourth-order valence-electron chi connectivity index (χ4n) is 2.38. The molecule has 0 radical (unpaired) electrons. The average Bonchev–Trinajstić information content (AvgIpc) is 2.89. The van der Waals surface area contributed by atoms with Gasteiger partial charge in [0.1, 0.15) is 5.75 Å². The maximum absolute atomic E-state index is 12.6. The van der Waals surface area contributed by atoms with Crippen LogP contribution in [0.15, 0.2) is 53.4 Å². The van der Waals surface area contributed by atoms with Gasteiger partial charge in [0.15, 0.2) is 4.32 Å². The van der Waals surface area contributed by atoms with Crippen LogP contribution < -0.4 is 5.43 Å². The van der Waals surface area contributed by atoms with E-state index in [4.69, 9.17) is 12.2 Å². The van der Waals surface area contributed by atoms with Crippen LogP contribution >= 0.6 is 24.0 Å². The van der Waals surface area contributed by atoms with Crippen molar-refractivity contribution in [3.05, 3.63) is 70.1 Å². The maximum Gasteiger partial charge on any atom is 0.285 e. The Morgan fingerprint density at radius 1 is 1.27 bits per heavy atom. The lowest BCUT2D eigenvalue weighted by atomic mass is 10.1. The van der Waals surface area contributed by atoms with E-state index in [1.807, 2.05) is 24.3 Å². The van der Waals surface area contributed by atoms with Gasteiger partial charge in [-0.25, -0.2) is 0 Å². The number of nitrogens with one attached hydrogen (secondary N) is 1. The van der Waals surface area contributed by atoms with Gasteiger partial charge in [-0.2, -0.15) is 5.01 Å². The number of aryl methyl sites for hydroxylation is 1. The molecule has 0 aliphatic carbocycles. The molecule has 1 fully saturated rings. The van der Waals surface area contributed by atoms with Crippen LogP contribution in [0.25, 0.3) is 6.08 Å². The van der Waals surface area contributed by atoms with Crippen molar-refractivity contribution < 1.29 is 14.7 Å². The summed E-state index contributed by atoms with van der Waals surface area (Å²) < 4.78 is 0.250. The lowest BCUT2D eigenvalue weighted by Crippen LogP contribution is -2.44. The zero-order chi connectivity index (χ0) is 18.7. The third-order valence-corrected chi connectivity index (χ3v) is 5.10. The second-order valence-corrected chi connectivity index (χ2v) is 7.28. The zero-order valence-electron chi connectivity index (χ0n) is 13.9. The Balaban J connectivity index is 1.76. The number of thiocarbonyl (C=S) groups is 1. The van der Waals surface area contributed by atoms with Gasteiger partial charge in [-0.15, -0.1) is 0 Å². The Hall–Kier alpha value is -2.64. The van der Waals surface area contributed by atoms with Crippen LogP contribution in [0.2, 0.25) is 0 Å². The number of hydrogen-bond donors (Lipinski definition) is 2. The Morgan fingerprint density at radius 3 is 2.65 bits per heavy atom. The minimum absolute atomic E-state index is 0.0292. The number of carbonyl (C=O) groups excluding carboxylic acids is 2. The van der Waals surface area contributed by atoms with Crippen molar-refractivity contribution in [1.82, 2.24) is 10.4 Å². The molecule has 0 spiro atoms. The first-order valence-electron chi connectivity index (χ1n) is 7.95. The van der Waals surface area contributed by atoms with E-state index in [9.17, 15) is 14.7 Å². The van der Waals surface area contributed by atoms with Crippen molar-refractivity contribution in [2.24, 2.45) is 0 Å². The van der Waals surface area contributed by atoms with Gasteiger partial charge >= 0.3 is 0 Å². The number of phenolic OH excluding ortho intramolecular Hbond substituents is 1. The summed E-state index contributed by atoms with van der Waals surface area (Å²) in [7, 11) is 0. The van der Waals surface area contributed by atoms with Crippen molar-refractivity contribution in [1.29, 1.82) is 0 Å². The van der Waals surface area contributed by atoms with Crippen LogP contribution in [0, 0.1) is 0 Å². The fraction of sp³-hybridized carbons (Fsp3) is 0.105. The number of aromatic hydroxyl groups is 1. The van der Waals surface area contributed by atoms with Crippen LogP contribution in [0.1, 0.15) is 28.4 Å². The first-order chi connectivity index (χ1) is 12.5. The van der Waals surface area contributed by atoms with Gasteiger partial charge in [0.25, 0.3) is 11.8 Å². The topological polar surface area (TPSA) is 69.6 Å². The molecule has 1 heterocycles. The van der Waals surface area contributed by atoms with Crippen LogP contribution in [0.3, 0.4) is 0 Å². The Kier molecular flexibility index (Phi) is 5.39. The summed E-state index contributed by atoms with van der Waals surface area (Å²) in [5, 5.41) is 10.5. The molecule has 132 valence electrons. The first kappa shape index (κ1) is 18.2. The highest BCUT2D eigenvalue weighted by Crippen LogP contribution is 2.31. The molecule has 3 rings (SSSR count). The molecule has 2 amide bonds. The molecule has 2 N–H and O–H groups in total. The molecule has 0 atom stereocenters. The van der Waals surface area contributed by atoms with Crippen molar-refractivity contribution in [3.8, 4) is 5.75 Å². The predicted molar refractivity (Wildman–Crippen MR) is 106 cm³/mol. The van der Waals surface area contributed by atoms with Crippen LogP contribution in [-0.4, -0.2) is 26.3 Å². The zero-order valence-corrected chi connectivity index (χ0v) is 15.6. The van der Waals surface area contributed by atoms with Crippen LogP contribution in [0.4, 0.5) is 0 Å². The minimum Gasteiger partial charge on any atom is -0.508 e. The molecule has 1 aliphatic heterocycles. The third kappa shape index (κ3) is 3.95. The van der Waals surface area contributed by atoms with Crippen LogP contribution in [-0.2, 0) is 11.2 Å². The van der Waals surface area contributed by atoms with E-state index in [0.717, 1.165) is 28.8 Å². The van der Waals surface area contributed by atoms with Gasteiger partial charge in [-0.3, -0.25) is 15.0 Å². The average molecular weight is 384 g/mol. The monoisotopic (exact) mass is 384 g/mol. The third-order valence-electron chi connectivity index (χ3n) is 3.80. The van der Waals surface area contributed by atoms with Gasteiger partial charge in [-0.1, -0.05) is 49.0 Å². The number of benzene rings is 2. The maximum atomic E-state index is 12.6. The fourth-order valence-corrected chi connectivity index (χ4v) is 3.56. The molecular formula is C19H16N2O3S2. The largest absolute Gasteiger partial charge is 0.508 e. The number of nitrogens with zero attached hydrogens (tertiary/aromatic N) is 1. The smallest absolute Gasteiger partial charge is 0.285 e. The van der Waals surface area contributed by atoms with E-state index in [1.165, 1.54) is 23.8 Å². The summed E-state index contributed by atoms with van der Waals surface area (Å²) in [6, 6.07) is 13.8. The number of hydrazine groups is 1. The Bertz CT molecular complexity index is 907. The molecule has 1 aliphatic rings. The molecule has 7 heteroatoms. The summed E-state index contributed by atoms with van der Waals surface area (Å²) in [6.07, 6.45) is 2.70. The molecular weight excluding hydrogens is 368 g/mol. The van der Waals surface area contributed by atoms with E-state index in [2.05, 4.69) is 12.3 Å². The Morgan fingerprint density at radius 2 is 2.00 bits per heavy atom. The van der Waals surface area contributed by atoms with E-state index in [1.54, 1.807) is 12.1 Å². The summed E-state index contributed by atoms with van der Waals surface area (Å²) in [5.41, 5.74) is 4.83. The second kappa shape index (κ2) is 7.72. The highest BCUT2D eigenvalue weighted by atomic mass is 32.2. The summed E-state index contributed by atoms with van der Waals surface area (Å²) >= 11 is 6.34. The highest BCUT2D eigenvalue weighted by molar-refractivity contribution is 8.26. The van der Waals surface area contributed by atoms with E-state index in [-0.39, 0.29) is 21.5 Å². The molecule has 2 aromatic carbocycles. The number of rotatable bonds is 4. The van der Waals surface area contributed by atoms with Crippen molar-refractivity contribution in [2.45, 2.75) is 13.3 Å². The van der Waals surface area contributed by atoms with Gasteiger partial charge in [0.2, 0.25) is 0 Å². The lowest BCUT2D eigenvalue weighted by molar-refractivity contribution is -0.123. The first-order valence-corrected chi connectivity index (χ1v) is 9.17. The molecule has 0 unspecified atom stereocenters. The molecule has 0 bridgehead atoms. The molecule has 5 nitrogen and oxygen atoms in total. The summed E-state index contributed by atoms with van der Waals surface area (Å²) in [6.45, 7) is 2.08.